The first-order chi connectivity index (χ1) is 14.1. The average Bonchev–Trinajstić information content (AvgIpc) is 3.17. The summed E-state index contributed by atoms with van der Waals surface area (Å²) >= 11 is 0. The minimum Gasteiger partial charge on any atom is -0.465 e. The molecule has 8 heteroatoms. The summed E-state index contributed by atoms with van der Waals surface area (Å²) in [6.45, 7) is 2.75. The molecule has 0 bridgehead atoms. The maximum atomic E-state index is 12.3. The summed E-state index contributed by atoms with van der Waals surface area (Å²) in [6, 6.07) is 8.99. The molecule has 0 unspecified atom stereocenters. The van der Waals surface area contributed by atoms with Crippen LogP contribution in [0.1, 0.15) is 30.2 Å². The van der Waals surface area contributed by atoms with E-state index in [0.29, 0.717) is 31.0 Å². The van der Waals surface area contributed by atoms with Crippen molar-refractivity contribution >= 4 is 5.97 Å². The minimum atomic E-state index is -0.260. The third kappa shape index (κ3) is 5.61. The molecule has 0 radical (unpaired) electrons. The number of esters is 1. The Morgan fingerprint density at radius 2 is 2.07 bits per heavy atom. The maximum absolute atomic E-state index is 12.3. The topological polar surface area (TPSA) is 99.2 Å². The maximum Gasteiger partial charge on any atom is 0.310 e. The zero-order valence-electron chi connectivity index (χ0n) is 16.3. The molecule has 3 aromatic rings. The molecule has 0 amide bonds. The van der Waals surface area contributed by atoms with E-state index >= 15 is 0 Å². The van der Waals surface area contributed by atoms with Crippen molar-refractivity contribution in [3.63, 3.8) is 0 Å². The summed E-state index contributed by atoms with van der Waals surface area (Å²) in [7, 11) is 0. The molecule has 0 aliphatic carbocycles. The van der Waals surface area contributed by atoms with Gasteiger partial charge in [-0.15, -0.1) is 0 Å². The van der Waals surface area contributed by atoms with E-state index in [1.165, 1.54) is 6.07 Å². The summed E-state index contributed by atoms with van der Waals surface area (Å²) < 4.78 is 8.32. The molecule has 29 heavy (non-hydrogen) atoms. The monoisotopic (exact) mass is 396 g/mol. The van der Waals surface area contributed by atoms with E-state index < -0.39 is 0 Å². The molecule has 3 rings (SSSR count). The molecule has 0 fully saturated rings. The molecule has 0 aliphatic rings. The second-order valence-corrected chi connectivity index (χ2v) is 6.65. The van der Waals surface area contributed by atoms with Gasteiger partial charge in [0.1, 0.15) is 11.4 Å². The summed E-state index contributed by atoms with van der Waals surface area (Å²) in [5.41, 5.74) is 2.67. The number of hydrogen-bond donors (Lipinski definition) is 1. The van der Waals surface area contributed by atoms with Crippen LogP contribution in [0.25, 0.3) is 5.69 Å². The van der Waals surface area contributed by atoms with Gasteiger partial charge in [0.05, 0.1) is 38.6 Å². The average molecular weight is 396 g/mol. The van der Waals surface area contributed by atoms with Crippen LogP contribution >= 0.6 is 0 Å². The van der Waals surface area contributed by atoms with E-state index in [4.69, 9.17) is 9.84 Å². The number of aliphatic hydroxyl groups is 1. The predicted molar refractivity (Wildman–Crippen MR) is 107 cm³/mol. The Balaban J connectivity index is 1.76. The number of hydrogen-bond acceptors (Lipinski definition) is 6. The Kier molecular flexibility index (Phi) is 6.91. The Morgan fingerprint density at radius 3 is 2.86 bits per heavy atom. The van der Waals surface area contributed by atoms with E-state index in [1.807, 2.05) is 31.2 Å². The Hall–Kier alpha value is -3.26. The van der Waals surface area contributed by atoms with Crippen LogP contribution in [0, 0.1) is 0 Å². The van der Waals surface area contributed by atoms with Gasteiger partial charge < -0.3 is 9.84 Å². The molecular formula is C21H24N4O4. The van der Waals surface area contributed by atoms with Gasteiger partial charge >= 0.3 is 5.97 Å². The second-order valence-electron chi connectivity index (χ2n) is 6.65. The van der Waals surface area contributed by atoms with E-state index in [1.54, 1.807) is 28.0 Å². The molecular weight excluding hydrogens is 372 g/mol. The molecule has 8 nitrogen and oxygen atoms in total. The molecule has 0 saturated carbocycles. The lowest BCUT2D eigenvalue weighted by Gasteiger charge is -2.07. The molecule has 2 aromatic heterocycles. The molecule has 0 spiro atoms. The molecule has 152 valence electrons. The highest BCUT2D eigenvalue weighted by Gasteiger charge is 2.09. The van der Waals surface area contributed by atoms with E-state index in [-0.39, 0.29) is 24.4 Å². The third-order valence-corrected chi connectivity index (χ3v) is 4.27. The van der Waals surface area contributed by atoms with Crippen LogP contribution < -0.4 is 5.43 Å². The first kappa shape index (κ1) is 20.5. The highest BCUT2D eigenvalue weighted by molar-refractivity contribution is 5.72. The van der Waals surface area contributed by atoms with Gasteiger partial charge in [-0.05, 0) is 17.5 Å². The van der Waals surface area contributed by atoms with Gasteiger partial charge in [-0.25, -0.2) is 4.68 Å². The van der Waals surface area contributed by atoms with Crippen LogP contribution in [0.3, 0.4) is 0 Å². The zero-order chi connectivity index (χ0) is 20.6. The number of ether oxygens (including phenoxy) is 1. The predicted octanol–water partition coefficient (Wildman–Crippen LogP) is 1.51. The van der Waals surface area contributed by atoms with Crippen LogP contribution in [-0.4, -0.2) is 43.9 Å². The van der Waals surface area contributed by atoms with Crippen molar-refractivity contribution in [3.8, 4) is 5.69 Å². The highest BCUT2D eigenvalue weighted by Crippen LogP contribution is 2.11. The minimum absolute atomic E-state index is 0.00765. The van der Waals surface area contributed by atoms with Crippen molar-refractivity contribution in [1.82, 2.24) is 19.6 Å². The number of carbonyl (C=O) groups excluding carboxylic acids is 1. The summed E-state index contributed by atoms with van der Waals surface area (Å²) in [6.07, 6.45) is 6.30. The number of carbonyl (C=O) groups is 1. The van der Waals surface area contributed by atoms with Gasteiger partial charge in [0.25, 0.3) is 0 Å². The molecule has 0 saturated heterocycles. The van der Waals surface area contributed by atoms with E-state index in [0.717, 1.165) is 17.5 Å². The number of aliphatic hydroxyl groups excluding tert-OH is 1. The van der Waals surface area contributed by atoms with Gasteiger partial charge in [-0.2, -0.15) is 10.2 Å². The quantitative estimate of drug-likeness (QED) is 0.551. The van der Waals surface area contributed by atoms with Crippen LogP contribution in [0.2, 0.25) is 0 Å². The van der Waals surface area contributed by atoms with Crippen LogP contribution in [-0.2, 0) is 28.9 Å². The van der Waals surface area contributed by atoms with Crippen molar-refractivity contribution in [2.24, 2.45) is 0 Å². The second kappa shape index (κ2) is 9.79. The fourth-order valence-electron chi connectivity index (χ4n) is 2.89. The van der Waals surface area contributed by atoms with Gasteiger partial charge in [0.2, 0.25) is 5.43 Å². The smallest absolute Gasteiger partial charge is 0.310 e. The summed E-state index contributed by atoms with van der Waals surface area (Å²) in [4.78, 5) is 24.1. The first-order valence-electron chi connectivity index (χ1n) is 9.55. The molecule has 2 heterocycles. The largest absolute Gasteiger partial charge is 0.465 e. The van der Waals surface area contributed by atoms with Crippen LogP contribution in [0.5, 0.6) is 0 Å². The Morgan fingerprint density at radius 1 is 1.24 bits per heavy atom. The lowest BCUT2D eigenvalue weighted by atomic mass is 10.0. The van der Waals surface area contributed by atoms with Gasteiger partial charge in [0.15, 0.2) is 0 Å². The Bertz CT molecular complexity index is 1030. The zero-order valence-corrected chi connectivity index (χ0v) is 16.3. The highest BCUT2D eigenvalue weighted by atomic mass is 16.5. The van der Waals surface area contributed by atoms with E-state index in [9.17, 15) is 9.59 Å². The van der Waals surface area contributed by atoms with Gasteiger partial charge in [-0.3, -0.25) is 14.3 Å². The lowest BCUT2D eigenvalue weighted by molar-refractivity contribution is -0.142. The number of rotatable bonds is 9. The molecule has 0 atom stereocenters. The summed E-state index contributed by atoms with van der Waals surface area (Å²) in [5.74, 6) is -0.260. The third-order valence-electron chi connectivity index (χ3n) is 4.27. The SMILES string of the molecule is CCCOC(=O)Cc1cccc(Cc2nn(-c3cnn(CCO)c3)ccc2=O)c1. The molecule has 1 aromatic carbocycles. The van der Waals surface area contributed by atoms with Crippen LogP contribution in [0.15, 0.2) is 53.7 Å². The Labute approximate surface area is 168 Å². The number of aromatic nitrogens is 4. The normalized spacial score (nSPS) is 10.8. The fourth-order valence-corrected chi connectivity index (χ4v) is 2.89. The van der Waals surface area contributed by atoms with Gasteiger partial charge in [0, 0.05) is 18.7 Å². The van der Waals surface area contributed by atoms with Gasteiger partial charge in [-0.1, -0.05) is 31.2 Å². The number of benzene rings is 1. The van der Waals surface area contributed by atoms with Crippen molar-refractivity contribution in [2.75, 3.05) is 13.2 Å². The first-order valence-corrected chi connectivity index (χ1v) is 9.55. The fraction of sp³-hybridized carbons (Fsp3) is 0.333. The standard InChI is InChI=1S/C21H24N4O4/c1-2-10-29-21(28)13-17-5-3-4-16(11-17)12-19-20(27)6-7-25(23-19)18-14-22-24(15-18)8-9-26/h3-7,11,14-15,26H,2,8-10,12-13H2,1H3. The molecule has 0 aliphatic heterocycles. The van der Waals surface area contributed by atoms with Crippen molar-refractivity contribution in [1.29, 1.82) is 0 Å². The van der Waals surface area contributed by atoms with Crippen molar-refractivity contribution in [2.45, 2.75) is 32.7 Å². The van der Waals surface area contributed by atoms with Crippen molar-refractivity contribution in [3.05, 3.63) is 76.0 Å². The summed E-state index contributed by atoms with van der Waals surface area (Å²) in [5, 5.41) is 17.6. The number of nitrogens with zero attached hydrogens (tertiary/aromatic N) is 4. The van der Waals surface area contributed by atoms with Crippen molar-refractivity contribution < 1.29 is 14.6 Å². The van der Waals surface area contributed by atoms with Crippen LogP contribution in [0.4, 0.5) is 0 Å². The van der Waals surface area contributed by atoms with E-state index in [2.05, 4.69) is 10.2 Å². The molecule has 1 N–H and O–H groups in total. The lowest BCUT2D eigenvalue weighted by Crippen LogP contribution is -2.16.